The van der Waals surface area contributed by atoms with Crippen LogP contribution in [0.25, 0.3) is 0 Å². The molecule has 0 amide bonds. The Morgan fingerprint density at radius 1 is 1.44 bits per heavy atom. The highest BCUT2D eigenvalue weighted by atomic mass is 35.5. The highest BCUT2D eigenvalue weighted by Crippen LogP contribution is 2.22. The third-order valence-corrected chi connectivity index (χ3v) is 2.28. The molecule has 0 spiro atoms. The molecule has 0 saturated carbocycles. The van der Waals surface area contributed by atoms with Crippen LogP contribution in [0.5, 0.6) is 5.75 Å². The number of halogens is 1. The summed E-state index contributed by atoms with van der Waals surface area (Å²) in [4.78, 5) is 11.2. The minimum atomic E-state index is -0.668. The van der Waals surface area contributed by atoms with E-state index in [2.05, 4.69) is 0 Å². The third-order valence-electron chi connectivity index (χ3n) is 2.05. The van der Waals surface area contributed by atoms with Crippen molar-refractivity contribution in [2.75, 3.05) is 6.61 Å². The Morgan fingerprint density at radius 2 is 2.19 bits per heavy atom. The van der Waals surface area contributed by atoms with Crippen LogP contribution in [0.3, 0.4) is 0 Å². The molecular formula is C12H15ClO3. The molecule has 3 nitrogen and oxygen atoms in total. The summed E-state index contributed by atoms with van der Waals surface area (Å²) in [6, 6.07) is 5.05. The van der Waals surface area contributed by atoms with Gasteiger partial charge in [-0.25, -0.2) is 4.79 Å². The predicted molar refractivity (Wildman–Crippen MR) is 63.1 cm³/mol. The summed E-state index contributed by atoms with van der Waals surface area (Å²) in [5, 5.41) is 0.615. The maximum absolute atomic E-state index is 11.2. The normalized spacial score (nSPS) is 9.94. The van der Waals surface area contributed by atoms with Gasteiger partial charge in [0.15, 0.2) is 0 Å². The average molecular weight is 243 g/mol. The standard InChI is InChI=1S/C12H15ClO3/c1-3-4-7-15-12(14)16-11-6-5-10(13)8-9(11)2/h5-6,8H,3-4,7H2,1-2H3. The van der Waals surface area contributed by atoms with Crippen molar-refractivity contribution in [2.45, 2.75) is 26.7 Å². The van der Waals surface area contributed by atoms with Crippen molar-refractivity contribution in [3.63, 3.8) is 0 Å². The van der Waals surface area contributed by atoms with Crippen molar-refractivity contribution < 1.29 is 14.3 Å². The molecule has 0 fully saturated rings. The van der Waals surface area contributed by atoms with Crippen molar-refractivity contribution in [3.05, 3.63) is 28.8 Å². The first-order chi connectivity index (χ1) is 7.63. The molecule has 16 heavy (non-hydrogen) atoms. The van der Waals surface area contributed by atoms with Gasteiger partial charge >= 0.3 is 6.16 Å². The van der Waals surface area contributed by atoms with Gasteiger partial charge in [-0.05, 0) is 37.1 Å². The Hall–Kier alpha value is -1.22. The Bertz CT molecular complexity index is 363. The quantitative estimate of drug-likeness (QED) is 0.455. The molecule has 1 rings (SSSR count). The maximum Gasteiger partial charge on any atom is 0.513 e. The van der Waals surface area contributed by atoms with E-state index >= 15 is 0 Å². The Balaban J connectivity index is 2.49. The first kappa shape index (κ1) is 12.8. The molecule has 0 aliphatic rings. The molecule has 0 saturated heterocycles. The summed E-state index contributed by atoms with van der Waals surface area (Å²) in [6.45, 7) is 4.24. The number of carbonyl (C=O) groups excluding carboxylic acids is 1. The van der Waals surface area contributed by atoms with Crippen molar-refractivity contribution in [3.8, 4) is 5.75 Å². The van der Waals surface area contributed by atoms with Crippen LogP contribution in [0, 0.1) is 6.92 Å². The number of hydrogen-bond donors (Lipinski definition) is 0. The molecule has 1 aromatic carbocycles. The number of benzene rings is 1. The molecule has 88 valence electrons. The van der Waals surface area contributed by atoms with E-state index in [1.165, 1.54) is 0 Å². The van der Waals surface area contributed by atoms with E-state index in [1.54, 1.807) is 18.2 Å². The molecule has 4 heteroatoms. The highest BCUT2D eigenvalue weighted by molar-refractivity contribution is 6.30. The summed E-state index contributed by atoms with van der Waals surface area (Å²) in [5.41, 5.74) is 0.806. The van der Waals surface area contributed by atoms with Gasteiger partial charge in [0.05, 0.1) is 6.61 Å². The van der Waals surface area contributed by atoms with Gasteiger partial charge in [-0.15, -0.1) is 0 Å². The number of hydrogen-bond acceptors (Lipinski definition) is 3. The Labute approximate surface area is 100 Å². The van der Waals surface area contributed by atoms with Crippen LogP contribution in [0.1, 0.15) is 25.3 Å². The smallest absolute Gasteiger partial charge is 0.434 e. The van der Waals surface area contributed by atoms with Crippen LogP contribution >= 0.6 is 11.6 Å². The molecule has 0 N–H and O–H groups in total. The minimum Gasteiger partial charge on any atom is -0.434 e. The molecule has 0 radical (unpaired) electrons. The van der Waals surface area contributed by atoms with Crippen molar-refractivity contribution in [1.82, 2.24) is 0 Å². The van der Waals surface area contributed by atoms with Gasteiger partial charge < -0.3 is 9.47 Å². The molecule has 0 unspecified atom stereocenters. The number of rotatable bonds is 4. The SMILES string of the molecule is CCCCOC(=O)Oc1ccc(Cl)cc1C. The van der Waals surface area contributed by atoms with Crippen molar-refractivity contribution in [2.24, 2.45) is 0 Å². The molecule has 0 aliphatic heterocycles. The second-order valence-electron chi connectivity index (χ2n) is 3.46. The van der Waals surface area contributed by atoms with Gasteiger partial charge in [-0.1, -0.05) is 24.9 Å². The van der Waals surface area contributed by atoms with E-state index in [-0.39, 0.29) is 0 Å². The summed E-state index contributed by atoms with van der Waals surface area (Å²) in [6.07, 6.45) is 1.15. The van der Waals surface area contributed by atoms with Gasteiger partial charge in [0.2, 0.25) is 0 Å². The van der Waals surface area contributed by atoms with Gasteiger partial charge in [0.25, 0.3) is 0 Å². The van der Waals surface area contributed by atoms with Crippen LogP contribution in [0.4, 0.5) is 4.79 Å². The van der Waals surface area contributed by atoms with Gasteiger partial charge in [0.1, 0.15) is 5.75 Å². The monoisotopic (exact) mass is 242 g/mol. The number of carbonyl (C=O) groups is 1. The zero-order chi connectivity index (χ0) is 12.0. The van der Waals surface area contributed by atoms with E-state index in [0.29, 0.717) is 17.4 Å². The summed E-state index contributed by atoms with van der Waals surface area (Å²) in [5.74, 6) is 0.478. The lowest BCUT2D eigenvalue weighted by atomic mass is 10.2. The van der Waals surface area contributed by atoms with Gasteiger partial charge in [-0.2, -0.15) is 0 Å². The second-order valence-corrected chi connectivity index (χ2v) is 3.90. The van der Waals surface area contributed by atoms with Crippen LogP contribution in [-0.4, -0.2) is 12.8 Å². The fraction of sp³-hybridized carbons (Fsp3) is 0.417. The Morgan fingerprint density at radius 3 is 2.81 bits per heavy atom. The molecular weight excluding hydrogens is 228 g/mol. The fourth-order valence-corrected chi connectivity index (χ4v) is 1.37. The zero-order valence-electron chi connectivity index (χ0n) is 9.46. The van der Waals surface area contributed by atoms with Crippen molar-refractivity contribution in [1.29, 1.82) is 0 Å². The molecule has 0 heterocycles. The highest BCUT2D eigenvalue weighted by Gasteiger charge is 2.08. The number of ether oxygens (including phenoxy) is 2. The molecule has 0 atom stereocenters. The lowest BCUT2D eigenvalue weighted by Crippen LogP contribution is -2.11. The molecule has 0 aromatic heterocycles. The first-order valence-corrected chi connectivity index (χ1v) is 5.62. The largest absolute Gasteiger partial charge is 0.513 e. The van der Waals surface area contributed by atoms with Crippen LogP contribution < -0.4 is 4.74 Å². The molecule has 0 aliphatic carbocycles. The summed E-state index contributed by atoms with van der Waals surface area (Å²) >= 11 is 5.78. The second kappa shape index (κ2) is 6.38. The maximum atomic E-state index is 11.2. The summed E-state index contributed by atoms with van der Waals surface area (Å²) < 4.78 is 9.90. The topological polar surface area (TPSA) is 35.5 Å². The minimum absolute atomic E-state index is 0.391. The fourth-order valence-electron chi connectivity index (χ4n) is 1.15. The van der Waals surface area contributed by atoms with Crippen LogP contribution in [0.15, 0.2) is 18.2 Å². The van der Waals surface area contributed by atoms with E-state index in [4.69, 9.17) is 21.1 Å². The van der Waals surface area contributed by atoms with E-state index < -0.39 is 6.16 Å². The van der Waals surface area contributed by atoms with E-state index in [0.717, 1.165) is 18.4 Å². The van der Waals surface area contributed by atoms with Crippen LogP contribution in [0.2, 0.25) is 5.02 Å². The lowest BCUT2D eigenvalue weighted by Gasteiger charge is -2.07. The molecule has 1 aromatic rings. The Kier molecular flexibility index (Phi) is 5.12. The third kappa shape index (κ3) is 4.11. The van der Waals surface area contributed by atoms with Gasteiger partial charge in [0, 0.05) is 5.02 Å². The van der Waals surface area contributed by atoms with Gasteiger partial charge in [-0.3, -0.25) is 0 Å². The average Bonchev–Trinajstić information content (AvgIpc) is 2.23. The van der Waals surface area contributed by atoms with E-state index in [1.807, 2.05) is 13.8 Å². The first-order valence-electron chi connectivity index (χ1n) is 5.24. The van der Waals surface area contributed by atoms with Crippen molar-refractivity contribution >= 4 is 17.8 Å². The predicted octanol–water partition coefficient (Wildman–Crippen LogP) is 3.96. The lowest BCUT2D eigenvalue weighted by molar-refractivity contribution is 0.0976. The number of aryl methyl sites for hydroxylation is 1. The van der Waals surface area contributed by atoms with E-state index in [9.17, 15) is 4.79 Å². The number of unbranched alkanes of at least 4 members (excludes halogenated alkanes) is 1. The molecule has 0 bridgehead atoms. The summed E-state index contributed by atoms with van der Waals surface area (Å²) in [7, 11) is 0. The zero-order valence-corrected chi connectivity index (χ0v) is 10.2. The van der Waals surface area contributed by atoms with Crippen LogP contribution in [-0.2, 0) is 4.74 Å².